The Morgan fingerprint density at radius 3 is 2.71 bits per heavy atom. The Morgan fingerprint density at radius 1 is 1.13 bits per heavy atom. The van der Waals surface area contributed by atoms with Gasteiger partial charge in [-0.2, -0.15) is 4.68 Å². The van der Waals surface area contributed by atoms with Crippen molar-refractivity contribution in [1.82, 2.24) is 24.7 Å². The lowest BCUT2D eigenvalue weighted by atomic mass is 9.82. The van der Waals surface area contributed by atoms with Crippen molar-refractivity contribution >= 4 is 22.9 Å². The average Bonchev–Trinajstić information content (AvgIpc) is 3.09. The molecule has 31 heavy (non-hydrogen) atoms. The molecule has 0 fully saturated rings. The number of pyridine rings is 1. The summed E-state index contributed by atoms with van der Waals surface area (Å²) in [5, 5.41) is 3.26. The first kappa shape index (κ1) is 18.9. The van der Waals surface area contributed by atoms with Crippen molar-refractivity contribution in [3.05, 3.63) is 91.8 Å². The SMILES string of the molecule is Cc1cc(=O)[nH]c(-n2[nH]c3ncc4c(c3c2=O)C[C@H](/C=C/c2ccccc2)CC4=O)n1. The number of aryl methyl sites for hydroxylation is 1. The first-order valence-corrected chi connectivity index (χ1v) is 9.97. The second-order valence-corrected chi connectivity index (χ2v) is 7.70. The second-order valence-electron chi connectivity index (χ2n) is 7.70. The van der Waals surface area contributed by atoms with Crippen LogP contribution in [0.4, 0.5) is 0 Å². The molecule has 8 nitrogen and oxygen atoms in total. The van der Waals surface area contributed by atoms with Crippen LogP contribution in [0.3, 0.4) is 0 Å². The van der Waals surface area contributed by atoms with E-state index in [1.165, 1.54) is 16.9 Å². The fourth-order valence-electron chi connectivity index (χ4n) is 4.03. The Bertz CT molecular complexity index is 1460. The molecule has 0 unspecified atom stereocenters. The molecule has 3 aromatic heterocycles. The highest BCUT2D eigenvalue weighted by Crippen LogP contribution is 2.30. The predicted molar refractivity (Wildman–Crippen MR) is 116 cm³/mol. The minimum Gasteiger partial charge on any atom is -0.294 e. The van der Waals surface area contributed by atoms with Crippen molar-refractivity contribution in [3.8, 4) is 5.95 Å². The number of aromatic nitrogens is 5. The highest BCUT2D eigenvalue weighted by Gasteiger charge is 2.28. The van der Waals surface area contributed by atoms with Gasteiger partial charge in [-0.1, -0.05) is 42.5 Å². The zero-order chi connectivity index (χ0) is 21.5. The smallest absolute Gasteiger partial charge is 0.283 e. The molecule has 0 saturated heterocycles. The van der Waals surface area contributed by atoms with Gasteiger partial charge in [-0.15, -0.1) is 0 Å². The Morgan fingerprint density at radius 2 is 1.94 bits per heavy atom. The number of nitrogens with one attached hydrogen (secondary N) is 2. The maximum Gasteiger partial charge on any atom is 0.283 e. The topological polar surface area (TPSA) is 113 Å². The van der Waals surface area contributed by atoms with Gasteiger partial charge < -0.3 is 0 Å². The highest BCUT2D eigenvalue weighted by atomic mass is 16.1. The summed E-state index contributed by atoms with van der Waals surface area (Å²) in [4.78, 5) is 48.9. The van der Waals surface area contributed by atoms with E-state index >= 15 is 0 Å². The van der Waals surface area contributed by atoms with Crippen LogP contribution in [0.5, 0.6) is 0 Å². The van der Waals surface area contributed by atoms with Gasteiger partial charge in [0.05, 0.1) is 5.39 Å². The van der Waals surface area contributed by atoms with E-state index in [0.717, 1.165) is 5.56 Å². The van der Waals surface area contributed by atoms with E-state index in [4.69, 9.17) is 0 Å². The molecule has 3 heterocycles. The molecule has 0 bridgehead atoms. The zero-order valence-electron chi connectivity index (χ0n) is 16.8. The molecule has 1 aliphatic carbocycles. The van der Waals surface area contributed by atoms with Gasteiger partial charge in [0, 0.05) is 29.9 Å². The second kappa shape index (κ2) is 7.32. The van der Waals surface area contributed by atoms with Gasteiger partial charge in [-0.3, -0.25) is 24.5 Å². The predicted octanol–water partition coefficient (Wildman–Crippen LogP) is 2.56. The molecule has 0 saturated carbocycles. The summed E-state index contributed by atoms with van der Waals surface area (Å²) in [6, 6.07) is 11.2. The van der Waals surface area contributed by atoms with Crippen molar-refractivity contribution in [1.29, 1.82) is 0 Å². The third-order valence-electron chi connectivity index (χ3n) is 5.46. The molecule has 154 valence electrons. The molecule has 8 heteroatoms. The molecule has 1 aliphatic rings. The summed E-state index contributed by atoms with van der Waals surface area (Å²) in [5.41, 5.74) is 2.30. The lowest BCUT2D eigenvalue weighted by Gasteiger charge is -2.21. The molecule has 1 atom stereocenters. The van der Waals surface area contributed by atoms with Crippen LogP contribution in [-0.2, 0) is 6.42 Å². The molecule has 0 spiro atoms. The number of hydrogen-bond acceptors (Lipinski definition) is 5. The molecule has 0 radical (unpaired) electrons. The fraction of sp³-hybridized carbons (Fsp3) is 0.174. The Kier molecular flexibility index (Phi) is 4.47. The number of fused-ring (bicyclic) bond motifs is 3. The number of rotatable bonds is 3. The Labute approximate surface area is 176 Å². The van der Waals surface area contributed by atoms with E-state index in [-0.39, 0.29) is 23.2 Å². The van der Waals surface area contributed by atoms with Gasteiger partial charge in [0.25, 0.3) is 11.1 Å². The van der Waals surface area contributed by atoms with E-state index in [0.29, 0.717) is 40.7 Å². The molecule has 1 aromatic carbocycles. The Hall–Kier alpha value is -4.07. The average molecular weight is 413 g/mol. The van der Waals surface area contributed by atoms with Crippen molar-refractivity contribution in [3.63, 3.8) is 0 Å². The van der Waals surface area contributed by atoms with Gasteiger partial charge in [0.1, 0.15) is 0 Å². The number of aromatic amines is 2. The van der Waals surface area contributed by atoms with Crippen LogP contribution in [-0.4, -0.2) is 30.5 Å². The van der Waals surface area contributed by atoms with Crippen LogP contribution >= 0.6 is 0 Å². The number of carbonyl (C=O) groups excluding carboxylic acids is 1. The van der Waals surface area contributed by atoms with Crippen LogP contribution in [0, 0.1) is 12.8 Å². The molecular formula is C23H19N5O3. The van der Waals surface area contributed by atoms with Crippen LogP contribution < -0.4 is 11.1 Å². The lowest BCUT2D eigenvalue weighted by Crippen LogP contribution is -2.24. The van der Waals surface area contributed by atoms with E-state index in [9.17, 15) is 14.4 Å². The van der Waals surface area contributed by atoms with Crippen molar-refractivity contribution in [2.75, 3.05) is 0 Å². The summed E-state index contributed by atoms with van der Waals surface area (Å²) in [6.07, 6.45) is 6.46. The van der Waals surface area contributed by atoms with E-state index < -0.39 is 5.56 Å². The van der Waals surface area contributed by atoms with Gasteiger partial charge in [-0.25, -0.2) is 9.97 Å². The van der Waals surface area contributed by atoms with Crippen LogP contribution in [0.15, 0.2) is 58.3 Å². The molecule has 5 rings (SSSR count). The molecule has 2 N–H and O–H groups in total. The van der Waals surface area contributed by atoms with E-state index in [2.05, 4.69) is 20.1 Å². The van der Waals surface area contributed by atoms with Gasteiger partial charge in [-0.05, 0) is 30.4 Å². The normalized spacial score (nSPS) is 16.2. The summed E-state index contributed by atoms with van der Waals surface area (Å²) in [5.74, 6) is 0.0301. The quantitative estimate of drug-likeness (QED) is 0.536. The lowest BCUT2D eigenvalue weighted by molar-refractivity contribution is 0.0959. The summed E-state index contributed by atoms with van der Waals surface area (Å²) >= 11 is 0. The number of hydrogen-bond donors (Lipinski definition) is 2. The van der Waals surface area contributed by atoms with Crippen LogP contribution in [0.1, 0.15) is 33.6 Å². The van der Waals surface area contributed by atoms with Crippen molar-refractivity contribution in [2.24, 2.45) is 5.92 Å². The minimum atomic E-state index is -0.395. The van der Waals surface area contributed by atoms with Crippen LogP contribution in [0.2, 0.25) is 0 Å². The molecule has 4 aromatic rings. The maximum atomic E-state index is 13.2. The minimum absolute atomic E-state index is 0.0227. The van der Waals surface area contributed by atoms with Crippen LogP contribution in [0.25, 0.3) is 23.1 Å². The number of Topliss-reactive ketones (excluding diaryl/α,β-unsaturated/α-hetero) is 1. The Balaban J connectivity index is 1.60. The van der Waals surface area contributed by atoms with Gasteiger partial charge in [0.2, 0.25) is 5.95 Å². The van der Waals surface area contributed by atoms with Gasteiger partial charge in [0.15, 0.2) is 11.4 Å². The first-order chi connectivity index (χ1) is 15.0. The molecule has 0 amide bonds. The standard InChI is InChI=1S/C23H19N5O3/c1-13-9-19(30)26-23(25-13)28-22(31)20-16-10-15(8-7-14-5-3-2-4-6-14)11-18(29)17(16)12-24-21(20)27-28/h2-9,12,15H,10-11H2,1H3,(H,24,27)(H,25,26,30)/b8-7+/t15-/m0/s1. The molecular weight excluding hydrogens is 394 g/mol. The molecule has 0 aliphatic heterocycles. The summed E-state index contributed by atoms with van der Waals surface area (Å²) in [7, 11) is 0. The fourth-order valence-corrected chi connectivity index (χ4v) is 4.03. The third-order valence-corrected chi connectivity index (χ3v) is 5.46. The monoisotopic (exact) mass is 413 g/mol. The number of nitrogens with zero attached hydrogens (tertiary/aromatic N) is 3. The first-order valence-electron chi connectivity index (χ1n) is 9.97. The van der Waals surface area contributed by atoms with E-state index in [1.54, 1.807) is 6.92 Å². The number of carbonyl (C=O) groups is 1. The third kappa shape index (κ3) is 3.42. The summed E-state index contributed by atoms with van der Waals surface area (Å²) < 4.78 is 1.17. The van der Waals surface area contributed by atoms with E-state index in [1.807, 2.05) is 42.5 Å². The number of H-pyrrole nitrogens is 2. The van der Waals surface area contributed by atoms with Crippen molar-refractivity contribution < 1.29 is 4.79 Å². The largest absolute Gasteiger partial charge is 0.294 e. The number of ketones is 1. The highest BCUT2D eigenvalue weighted by molar-refractivity contribution is 6.02. The zero-order valence-corrected chi connectivity index (χ0v) is 16.8. The number of benzene rings is 1. The van der Waals surface area contributed by atoms with Crippen molar-refractivity contribution in [2.45, 2.75) is 19.8 Å². The summed E-state index contributed by atoms with van der Waals surface area (Å²) in [6.45, 7) is 1.68. The van der Waals surface area contributed by atoms with Gasteiger partial charge >= 0.3 is 0 Å². The maximum absolute atomic E-state index is 13.2. The number of allylic oxidation sites excluding steroid dienone is 1.